The third-order valence-electron chi connectivity index (χ3n) is 5.35. The molecule has 1 aromatic heterocycles. The summed E-state index contributed by atoms with van der Waals surface area (Å²) in [6, 6.07) is 10.5. The maximum atomic E-state index is 12.5. The van der Waals surface area contributed by atoms with Gasteiger partial charge in [-0.25, -0.2) is 0 Å². The second-order valence-corrected chi connectivity index (χ2v) is 8.11. The van der Waals surface area contributed by atoms with E-state index in [1.165, 1.54) is 11.1 Å². The first kappa shape index (κ1) is 16.8. The summed E-state index contributed by atoms with van der Waals surface area (Å²) in [5, 5.41) is 15.0. The van der Waals surface area contributed by atoms with E-state index in [9.17, 15) is 9.90 Å². The van der Waals surface area contributed by atoms with Gasteiger partial charge in [-0.2, -0.15) is 11.3 Å². The van der Waals surface area contributed by atoms with Crippen molar-refractivity contribution < 1.29 is 9.90 Å². The molecule has 1 fully saturated rings. The third kappa shape index (κ3) is 3.78. The Morgan fingerprint density at radius 3 is 2.84 bits per heavy atom. The number of rotatable bonds is 4. The summed E-state index contributed by atoms with van der Waals surface area (Å²) >= 11 is 1.61. The lowest BCUT2D eigenvalue weighted by Crippen LogP contribution is -2.47. The summed E-state index contributed by atoms with van der Waals surface area (Å²) in [6.07, 6.45) is 2.14. The SMILES string of the molecule is O=C(Cc1ccsc1)N1CC[C@](O)(CN2CCc3ccccc3C2)C1. The fourth-order valence-corrected chi connectivity index (χ4v) is 4.65. The molecule has 0 radical (unpaired) electrons. The monoisotopic (exact) mass is 356 g/mol. The van der Waals surface area contributed by atoms with Crippen molar-refractivity contribution in [2.45, 2.75) is 31.4 Å². The quantitative estimate of drug-likeness (QED) is 0.914. The van der Waals surface area contributed by atoms with Crippen LogP contribution in [0.5, 0.6) is 0 Å². The van der Waals surface area contributed by atoms with Gasteiger partial charge in [0, 0.05) is 26.2 Å². The normalized spacial score (nSPS) is 23.6. The average molecular weight is 356 g/mol. The van der Waals surface area contributed by atoms with Crippen LogP contribution in [0, 0.1) is 0 Å². The van der Waals surface area contributed by atoms with Gasteiger partial charge in [-0.1, -0.05) is 24.3 Å². The Morgan fingerprint density at radius 1 is 1.20 bits per heavy atom. The Kier molecular flexibility index (Phi) is 4.63. The minimum absolute atomic E-state index is 0.123. The van der Waals surface area contributed by atoms with E-state index in [0.29, 0.717) is 32.5 Å². The second kappa shape index (κ2) is 6.90. The van der Waals surface area contributed by atoms with Gasteiger partial charge in [0.05, 0.1) is 18.6 Å². The van der Waals surface area contributed by atoms with Crippen LogP contribution < -0.4 is 0 Å². The zero-order valence-electron chi connectivity index (χ0n) is 14.4. The number of fused-ring (bicyclic) bond motifs is 1. The molecule has 5 heteroatoms. The molecule has 25 heavy (non-hydrogen) atoms. The average Bonchev–Trinajstić information content (AvgIpc) is 3.24. The van der Waals surface area contributed by atoms with Gasteiger partial charge in [0.15, 0.2) is 0 Å². The molecule has 4 nitrogen and oxygen atoms in total. The number of nitrogens with zero attached hydrogens (tertiary/aromatic N) is 2. The summed E-state index contributed by atoms with van der Waals surface area (Å²) in [4.78, 5) is 16.6. The molecular weight excluding hydrogens is 332 g/mol. The molecule has 1 N–H and O–H groups in total. The van der Waals surface area contributed by atoms with Crippen LogP contribution >= 0.6 is 11.3 Å². The molecular formula is C20H24N2O2S. The van der Waals surface area contributed by atoms with E-state index >= 15 is 0 Å². The molecule has 2 aromatic rings. The highest BCUT2D eigenvalue weighted by Crippen LogP contribution is 2.26. The minimum Gasteiger partial charge on any atom is -0.387 e. The fraction of sp³-hybridized carbons (Fsp3) is 0.450. The van der Waals surface area contributed by atoms with Crippen molar-refractivity contribution in [1.29, 1.82) is 0 Å². The van der Waals surface area contributed by atoms with Gasteiger partial charge >= 0.3 is 0 Å². The zero-order chi connectivity index (χ0) is 17.3. The summed E-state index contributed by atoms with van der Waals surface area (Å²) in [5.74, 6) is 0.123. The molecule has 4 rings (SSSR count). The number of likely N-dealkylation sites (tertiary alicyclic amines) is 1. The van der Waals surface area contributed by atoms with Crippen LogP contribution in [0.3, 0.4) is 0 Å². The Labute approximate surface area is 152 Å². The van der Waals surface area contributed by atoms with Gasteiger partial charge in [0.1, 0.15) is 0 Å². The number of amides is 1. The molecule has 0 aliphatic carbocycles. The van der Waals surface area contributed by atoms with Gasteiger partial charge in [0.25, 0.3) is 0 Å². The number of carbonyl (C=O) groups excluding carboxylic acids is 1. The smallest absolute Gasteiger partial charge is 0.227 e. The standard InChI is InChI=1S/C20H24N2O2S/c23-19(11-16-6-10-25-13-16)22-9-7-20(24,15-22)14-21-8-5-17-3-1-2-4-18(17)12-21/h1-4,6,10,13,24H,5,7-9,11-12,14-15H2/t20-/m0/s1. The van der Waals surface area contributed by atoms with Crippen LogP contribution in [0.15, 0.2) is 41.1 Å². The van der Waals surface area contributed by atoms with E-state index in [1.807, 2.05) is 21.7 Å². The van der Waals surface area contributed by atoms with Gasteiger partial charge in [-0.3, -0.25) is 9.69 Å². The van der Waals surface area contributed by atoms with Crippen LogP contribution in [-0.4, -0.2) is 52.6 Å². The molecule has 0 bridgehead atoms. The number of carbonyl (C=O) groups is 1. The van der Waals surface area contributed by atoms with Crippen LogP contribution in [-0.2, 0) is 24.2 Å². The molecule has 3 heterocycles. The first-order valence-corrected chi connectivity index (χ1v) is 9.86. The third-order valence-corrected chi connectivity index (χ3v) is 6.08. The van der Waals surface area contributed by atoms with Crippen molar-refractivity contribution in [2.75, 3.05) is 26.2 Å². The second-order valence-electron chi connectivity index (χ2n) is 7.33. The molecule has 0 saturated carbocycles. The van der Waals surface area contributed by atoms with Gasteiger partial charge < -0.3 is 10.0 Å². The number of thiophene rings is 1. The Hall–Kier alpha value is -1.69. The summed E-state index contributed by atoms with van der Waals surface area (Å²) < 4.78 is 0. The highest BCUT2D eigenvalue weighted by Gasteiger charge is 2.39. The van der Waals surface area contributed by atoms with Crippen LogP contribution in [0.4, 0.5) is 0 Å². The maximum absolute atomic E-state index is 12.5. The fourth-order valence-electron chi connectivity index (χ4n) is 3.98. The minimum atomic E-state index is -0.781. The number of β-amino-alcohol motifs (C(OH)–C–C–N with tert-alkyl or cyclic N) is 1. The maximum Gasteiger partial charge on any atom is 0.227 e. The number of hydrogen-bond donors (Lipinski definition) is 1. The molecule has 1 amide bonds. The summed E-state index contributed by atoms with van der Waals surface area (Å²) in [6.45, 7) is 3.62. The van der Waals surface area contributed by atoms with E-state index in [4.69, 9.17) is 0 Å². The van der Waals surface area contributed by atoms with Gasteiger partial charge in [0.2, 0.25) is 5.91 Å². The van der Waals surface area contributed by atoms with E-state index < -0.39 is 5.60 Å². The topological polar surface area (TPSA) is 43.8 Å². The molecule has 1 saturated heterocycles. The Balaban J connectivity index is 1.35. The van der Waals surface area contributed by atoms with Gasteiger partial charge in [-0.15, -0.1) is 0 Å². The first-order valence-electron chi connectivity index (χ1n) is 8.92. The van der Waals surface area contributed by atoms with Gasteiger partial charge in [-0.05, 0) is 46.4 Å². The number of aliphatic hydroxyl groups is 1. The molecule has 2 aliphatic rings. The van der Waals surface area contributed by atoms with Crippen molar-refractivity contribution in [3.8, 4) is 0 Å². The lowest BCUT2D eigenvalue weighted by atomic mass is 9.97. The molecule has 132 valence electrons. The predicted octanol–water partition coefficient (Wildman–Crippen LogP) is 2.31. The molecule has 1 atom stereocenters. The number of benzene rings is 1. The first-order chi connectivity index (χ1) is 12.1. The lowest BCUT2D eigenvalue weighted by molar-refractivity contribution is -0.130. The van der Waals surface area contributed by atoms with E-state index in [0.717, 1.165) is 25.1 Å². The van der Waals surface area contributed by atoms with Crippen LogP contribution in [0.1, 0.15) is 23.1 Å². The lowest BCUT2D eigenvalue weighted by Gasteiger charge is -2.34. The van der Waals surface area contributed by atoms with Crippen molar-refractivity contribution in [3.05, 3.63) is 57.8 Å². The van der Waals surface area contributed by atoms with Crippen molar-refractivity contribution in [3.63, 3.8) is 0 Å². The van der Waals surface area contributed by atoms with E-state index in [1.54, 1.807) is 11.3 Å². The van der Waals surface area contributed by atoms with Crippen molar-refractivity contribution in [1.82, 2.24) is 9.80 Å². The molecule has 0 spiro atoms. The number of hydrogen-bond acceptors (Lipinski definition) is 4. The van der Waals surface area contributed by atoms with E-state index in [2.05, 4.69) is 29.2 Å². The van der Waals surface area contributed by atoms with Crippen molar-refractivity contribution >= 4 is 17.2 Å². The largest absolute Gasteiger partial charge is 0.387 e. The molecule has 0 unspecified atom stereocenters. The highest BCUT2D eigenvalue weighted by atomic mass is 32.1. The molecule has 2 aliphatic heterocycles. The highest BCUT2D eigenvalue weighted by molar-refractivity contribution is 7.08. The Morgan fingerprint density at radius 2 is 2.04 bits per heavy atom. The molecule has 1 aromatic carbocycles. The van der Waals surface area contributed by atoms with E-state index in [-0.39, 0.29) is 5.91 Å². The van der Waals surface area contributed by atoms with Crippen LogP contribution in [0.2, 0.25) is 0 Å². The zero-order valence-corrected chi connectivity index (χ0v) is 15.2. The predicted molar refractivity (Wildman–Crippen MR) is 99.6 cm³/mol. The summed E-state index contributed by atoms with van der Waals surface area (Å²) in [7, 11) is 0. The van der Waals surface area contributed by atoms with Crippen LogP contribution in [0.25, 0.3) is 0 Å². The Bertz CT molecular complexity index is 746. The summed E-state index contributed by atoms with van der Waals surface area (Å²) in [5.41, 5.74) is 3.07. The van der Waals surface area contributed by atoms with Crippen molar-refractivity contribution in [2.24, 2.45) is 0 Å².